The summed E-state index contributed by atoms with van der Waals surface area (Å²) in [5.41, 5.74) is 1.12. The molecule has 2 aromatic rings. The van der Waals surface area contributed by atoms with Crippen molar-refractivity contribution in [2.75, 3.05) is 20.3 Å². The van der Waals surface area contributed by atoms with E-state index in [1.165, 1.54) is 6.33 Å². The lowest BCUT2D eigenvalue weighted by Crippen LogP contribution is -2.32. The lowest BCUT2D eigenvalue weighted by molar-refractivity contribution is -0.132. The summed E-state index contributed by atoms with van der Waals surface area (Å²) in [5, 5.41) is 6.78. The number of hydrogen-bond acceptors (Lipinski definition) is 5. The van der Waals surface area contributed by atoms with Crippen molar-refractivity contribution in [1.82, 2.24) is 20.1 Å². The third kappa shape index (κ3) is 4.17. The molecule has 1 amide bonds. The summed E-state index contributed by atoms with van der Waals surface area (Å²) in [7, 11) is 1.68. The van der Waals surface area contributed by atoms with Crippen LogP contribution in [0.15, 0.2) is 30.6 Å². The maximum atomic E-state index is 12.7. The smallest absolute Gasteiger partial charge is 0.223 e. The van der Waals surface area contributed by atoms with Crippen molar-refractivity contribution in [2.24, 2.45) is 0 Å². The van der Waals surface area contributed by atoms with Crippen LogP contribution < -0.4 is 4.74 Å². The Morgan fingerprint density at radius 2 is 2.16 bits per heavy atom. The van der Waals surface area contributed by atoms with Gasteiger partial charge < -0.3 is 14.4 Å². The van der Waals surface area contributed by atoms with Gasteiger partial charge in [0.25, 0.3) is 0 Å². The summed E-state index contributed by atoms with van der Waals surface area (Å²) in [6.45, 7) is 3.20. The number of carbonyl (C=O) groups is 1. The number of nitrogens with zero attached hydrogens (tertiary/aromatic N) is 3. The van der Waals surface area contributed by atoms with Gasteiger partial charge >= 0.3 is 0 Å². The molecule has 25 heavy (non-hydrogen) atoms. The molecule has 1 aliphatic heterocycles. The highest BCUT2D eigenvalue weighted by Gasteiger charge is 2.37. The maximum Gasteiger partial charge on any atom is 0.223 e. The predicted octanol–water partition coefficient (Wildman–Crippen LogP) is 2.12. The Labute approximate surface area is 147 Å². The molecule has 1 N–H and O–H groups in total. The van der Waals surface area contributed by atoms with Crippen molar-refractivity contribution in [3.8, 4) is 5.75 Å². The van der Waals surface area contributed by atoms with E-state index in [1.807, 2.05) is 36.1 Å². The Kier molecular flexibility index (Phi) is 5.65. The zero-order chi connectivity index (χ0) is 17.6. The number of aryl methyl sites for hydroxylation is 1. The molecule has 7 heteroatoms. The molecule has 2 atom stereocenters. The zero-order valence-corrected chi connectivity index (χ0v) is 14.6. The van der Waals surface area contributed by atoms with E-state index >= 15 is 0 Å². The summed E-state index contributed by atoms with van der Waals surface area (Å²) < 4.78 is 10.9. The van der Waals surface area contributed by atoms with Crippen molar-refractivity contribution >= 4 is 5.91 Å². The number of ether oxygens (including phenoxy) is 2. The van der Waals surface area contributed by atoms with Crippen LogP contribution in [0.3, 0.4) is 0 Å². The van der Waals surface area contributed by atoms with Crippen LogP contribution in [0.1, 0.15) is 37.2 Å². The molecule has 7 nitrogen and oxygen atoms in total. The van der Waals surface area contributed by atoms with Crippen LogP contribution in [0, 0.1) is 0 Å². The quantitative estimate of drug-likeness (QED) is 0.832. The lowest BCUT2D eigenvalue weighted by Gasteiger charge is -2.22. The summed E-state index contributed by atoms with van der Waals surface area (Å²) in [5.74, 6) is 1.68. The molecule has 1 saturated heterocycles. The van der Waals surface area contributed by atoms with E-state index in [-0.39, 0.29) is 18.1 Å². The minimum atomic E-state index is -0.0970. The van der Waals surface area contributed by atoms with Crippen LogP contribution in [0.25, 0.3) is 0 Å². The predicted molar refractivity (Wildman–Crippen MR) is 92.2 cm³/mol. The van der Waals surface area contributed by atoms with E-state index in [4.69, 9.17) is 9.47 Å². The summed E-state index contributed by atoms with van der Waals surface area (Å²) in [4.78, 5) is 18.8. The van der Waals surface area contributed by atoms with Gasteiger partial charge in [0.2, 0.25) is 5.91 Å². The number of likely N-dealkylation sites (tertiary alicyclic amines) is 1. The minimum Gasteiger partial charge on any atom is -0.494 e. The molecule has 134 valence electrons. The van der Waals surface area contributed by atoms with Gasteiger partial charge in [-0.25, -0.2) is 4.98 Å². The van der Waals surface area contributed by atoms with Crippen molar-refractivity contribution < 1.29 is 14.3 Å². The van der Waals surface area contributed by atoms with Crippen LogP contribution in [-0.4, -0.2) is 52.4 Å². The molecule has 0 spiro atoms. The summed E-state index contributed by atoms with van der Waals surface area (Å²) in [6, 6.07) is 7.80. The van der Waals surface area contributed by atoms with Crippen LogP contribution in [0.4, 0.5) is 0 Å². The van der Waals surface area contributed by atoms with Crippen LogP contribution in [0.2, 0.25) is 0 Å². The molecule has 0 bridgehead atoms. The second kappa shape index (κ2) is 8.11. The molecule has 0 aliphatic carbocycles. The Bertz CT molecular complexity index is 672. The van der Waals surface area contributed by atoms with E-state index < -0.39 is 0 Å². The van der Waals surface area contributed by atoms with Crippen molar-refractivity contribution in [2.45, 2.75) is 38.3 Å². The first-order valence-electron chi connectivity index (χ1n) is 8.60. The van der Waals surface area contributed by atoms with Gasteiger partial charge in [-0.3, -0.25) is 9.89 Å². The Hall–Kier alpha value is -2.41. The number of hydrogen-bond donors (Lipinski definition) is 1. The topological polar surface area (TPSA) is 80.3 Å². The Morgan fingerprint density at radius 3 is 2.80 bits per heavy atom. The number of aromatic nitrogens is 3. The van der Waals surface area contributed by atoms with Gasteiger partial charge in [-0.1, -0.05) is 12.1 Å². The van der Waals surface area contributed by atoms with E-state index in [9.17, 15) is 4.79 Å². The Balaban J connectivity index is 1.61. The maximum absolute atomic E-state index is 12.7. The van der Waals surface area contributed by atoms with E-state index in [0.717, 1.165) is 17.7 Å². The molecule has 0 radical (unpaired) electrons. The number of rotatable bonds is 7. The average Bonchev–Trinajstić information content (AvgIpc) is 3.30. The number of aromatic amines is 1. The van der Waals surface area contributed by atoms with Gasteiger partial charge in [0.15, 0.2) is 0 Å². The van der Waals surface area contributed by atoms with Gasteiger partial charge in [-0.15, -0.1) is 0 Å². The summed E-state index contributed by atoms with van der Waals surface area (Å²) in [6.07, 6.45) is 3.39. The fourth-order valence-corrected chi connectivity index (χ4v) is 3.19. The number of amides is 1. The highest BCUT2D eigenvalue weighted by molar-refractivity contribution is 5.77. The van der Waals surface area contributed by atoms with Crippen molar-refractivity contribution in [3.05, 3.63) is 42.0 Å². The zero-order valence-electron chi connectivity index (χ0n) is 14.6. The van der Waals surface area contributed by atoms with Gasteiger partial charge in [0, 0.05) is 26.5 Å². The molecule has 1 aromatic carbocycles. The van der Waals surface area contributed by atoms with E-state index in [0.29, 0.717) is 31.8 Å². The standard InChI is InChI=1S/C18H24N4O3/c1-3-25-14-7-4-13(5-8-14)6-9-17(23)22-11-15(24-2)10-16(22)18-19-12-20-21-18/h4-5,7-8,12,15-16H,3,6,9-11H2,1-2H3,(H,19,20,21)/t15-,16+/m1/s1. The highest BCUT2D eigenvalue weighted by atomic mass is 16.5. The monoisotopic (exact) mass is 344 g/mol. The third-order valence-corrected chi connectivity index (χ3v) is 4.53. The lowest BCUT2D eigenvalue weighted by atomic mass is 10.1. The first-order valence-corrected chi connectivity index (χ1v) is 8.60. The van der Waals surface area contributed by atoms with Crippen LogP contribution >= 0.6 is 0 Å². The molecular weight excluding hydrogens is 320 g/mol. The van der Waals surface area contributed by atoms with Crippen molar-refractivity contribution in [3.63, 3.8) is 0 Å². The molecule has 0 saturated carbocycles. The van der Waals surface area contributed by atoms with Crippen LogP contribution in [0.5, 0.6) is 5.75 Å². The number of carbonyl (C=O) groups excluding carboxylic acids is 1. The largest absolute Gasteiger partial charge is 0.494 e. The van der Waals surface area contributed by atoms with Gasteiger partial charge in [-0.05, 0) is 31.0 Å². The normalized spacial score (nSPS) is 20.0. The van der Waals surface area contributed by atoms with Gasteiger partial charge in [0.05, 0.1) is 18.8 Å². The first kappa shape index (κ1) is 17.4. The third-order valence-electron chi connectivity index (χ3n) is 4.53. The average molecular weight is 344 g/mol. The van der Waals surface area contributed by atoms with E-state index in [2.05, 4.69) is 15.2 Å². The first-order chi connectivity index (χ1) is 12.2. The second-order valence-electron chi connectivity index (χ2n) is 6.10. The fraction of sp³-hybridized carbons (Fsp3) is 0.500. The molecule has 1 aromatic heterocycles. The molecule has 1 aliphatic rings. The van der Waals surface area contributed by atoms with Crippen LogP contribution in [-0.2, 0) is 16.0 Å². The Morgan fingerprint density at radius 1 is 1.36 bits per heavy atom. The van der Waals surface area contributed by atoms with Gasteiger partial charge in [-0.2, -0.15) is 5.10 Å². The second-order valence-corrected chi connectivity index (χ2v) is 6.10. The molecule has 0 unspecified atom stereocenters. The molecule has 2 heterocycles. The summed E-state index contributed by atoms with van der Waals surface area (Å²) >= 11 is 0. The fourth-order valence-electron chi connectivity index (χ4n) is 3.19. The highest BCUT2D eigenvalue weighted by Crippen LogP contribution is 2.31. The molecular formula is C18H24N4O3. The molecule has 3 rings (SSSR count). The number of H-pyrrole nitrogens is 1. The minimum absolute atomic E-state index is 0.0320. The number of benzene rings is 1. The number of methoxy groups -OCH3 is 1. The van der Waals surface area contributed by atoms with E-state index in [1.54, 1.807) is 7.11 Å². The van der Waals surface area contributed by atoms with Crippen molar-refractivity contribution in [1.29, 1.82) is 0 Å². The molecule has 1 fully saturated rings. The SMILES string of the molecule is CCOc1ccc(CCC(=O)N2C[C@H](OC)C[C@H]2c2ncn[nH]2)cc1. The number of nitrogens with one attached hydrogen (secondary N) is 1. The van der Waals surface area contributed by atoms with Gasteiger partial charge in [0.1, 0.15) is 17.9 Å².